The lowest BCUT2D eigenvalue weighted by Gasteiger charge is -2.28. The molecule has 1 amide bonds. The zero-order chi connectivity index (χ0) is 25.2. The van der Waals surface area contributed by atoms with Crippen LogP contribution in [0.2, 0.25) is 5.02 Å². The van der Waals surface area contributed by atoms with Gasteiger partial charge in [-0.3, -0.25) is 4.79 Å². The van der Waals surface area contributed by atoms with Crippen LogP contribution < -0.4 is 15.7 Å². The highest BCUT2D eigenvalue weighted by Gasteiger charge is 2.33. The molecule has 3 heterocycles. The number of amides is 1. The van der Waals surface area contributed by atoms with Crippen molar-refractivity contribution in [2.75, 3.05) is 6.61 Å². The van der Waals surface area contributed by atoms with Crippen molar-refractivity contribution in [2.45, 2.75) is 44.8 Å². The predicted molar refractivity (Wildman–Crippen MR) is 125 cm³/mol. The van der Waals surface area contributed by atoms with Gasteiger partial charge in [0.2, 0.25) is 0 Å². The molecule has 186 valence electrons. The Hall–Kier alpha value is -3.12. The van der Waals surface area contributed by atoms with E-state index < -0.39 is 30.2 Å². The van der Waals surface area contributed by atoms with Crippen LogP contribution in [-0.2, 0) is 11.2 Å². The van der Waals surface area contributed by atoms with Crippen molar-refractivity contribution in [3.05, 3.63) is 61.2 Å². The molecule has 2 aromatic heterocycles. The van der Waals surface area contributed by atoms with E-state index in [-0.39, 0.29) is 18.7 Å². The number of benzene rings is 1. The lowest BCUT2D eigenvalue weighted by atomic mass is 9.92. The van der Waals surface area contributed by atoms with Crippen LogP contribution in [0.1, 0.15) is 47.5 Å². The second kappa shape index (κ2) is 10.2. The molecular weight excluding hydrogens is 507 g/mol. The molecule has 0 spiro atoms. The zero-order valence-electron chi connectivity index (χ0n) is 18.5. The van der Waals surface area contributed by atoms with Gasteiger partial charge in [-0.25, -0.2) is 9.89 Å². The number of halogens is 4. The van der Waals surface area contributed by atoms with E-state index in [1.54, 1.807) is 12.1 Å². The second-order valence-corrected chi connectivity index (χ2v) is 9.42. The fourth-order valence-corrected chi connectivity index (χ4v) is 5.07. The van der Waals surface area contributed by atoms with Gasteiger partial charge in [0, 0.05) is 33.2 Å². The number of aryl methyl sites for hydroxylation is 1. The number of alkyl halides is 3. The van der Waals surface area contributed by atoms with E-state index in [1.807, 2.05) is 19.1 Å². The van der Waals surface area contributed by atoms with Crippen molar-refractivity contribution in [1.82, 2.24) is 25.5 Å². The fraction of sp³-hybridized carbons (Fsp3) is 0.364. The predicted octanol–water partition coefficient (Wildman–Crippen LogP) is 4.59. The van der Waals surface area contributed by atoms with Gasteiger partial charge >= 0.3 is 11.9 Å². The highest BCUT2D eigenvalue weighted by molar-refractivity contribution is 7.13. The number of tetrazole rings is 1. The Morgan fingerprint density at radius 3 is 2.69 bits per heavy atom. The smallest absolute Gasteiger partial charge is 0.389 e. The number of hydrogen-bond donors (Lipinski definition) is 2. The average Bonchev–Trinajstić information content (AvgIpc) is 3.44. The maximum Gasteiger partial charge on any atom is 0.389 e. The highest BCUT2D eigenvalue weighted by Crippen LogP contribution is 2.40. The molecule has 0 fully saturated rings. The van der Waals surface area contributed by atoms with Crippen LogP contribution in [0.5, 0.6) is 5.75 Å². The van der Waals surface area contributed by atoms with E-state index in [1.165, 1.54) is 17.4 Å². The minimum atomic E-state index is -4.23. The molecule has 4 rings (SSSR count). The van der Waals surface area contributed by atoms with Gasteiger partial charge < -0.3 is 10.1 Å². The van der Waals surface area contributed by atoms with E-state index >= 15 is 0 Å². The summed E-state index contributed by atoms with van der Waals surface area (Å²) in [6.07, 6.45) is -4.17. The Morgan fingerprint density at radius 2 is 2.06 bits per heavy atom. The summed E-state index contributed by atoms with van der Waals surface area (Å²) in [5.41, 5.74) is 0.690. The lowest BCUT2D eigenvalue weighted by molar-refractivity contribution is -0.136. The molecule has 1 aliphatic heterocycles. The van der Waals surface area contributed by atoms with Gasteiger partial charge in [0.05, 0.1) is 12.6 Å². The molecular formula is C22H21ClF3N5O3S. The summed E-state index contributed by atoms with van der Waals surface area (Å²) in [7, 11) is 0. The molecule has 1 aliphatic rings. The number of rotatable bonds is 8. The van der Waals surface area contributed by atoms with Gasteiger partial charge in [-0.05, 0) is 53.1 Å². The van der Waals surface area contributed by atoms with Crippen LogP contribution >= 0.6 is 22.9 Å². The molecule has 0 aliphatic carbocycles. The molecule has 35 heavy (non-hydrogen) atoms. The normalized spacial score (nSPS) is 16.5. The first-order valence-corrected chi connectivity index (χ1v) is 12.0. The van der Waals surface area contributed by atoms with Crippen molar-refractivity contribution in [3.8, 4) is 5.75 Å². The van der Waals surface area contributed by atoms with Gasteiger partial charge in [0.25, 0.3) is 5.91 Å². The van der Waals surface area contributed by atoms with Gasteiger partial charge in [-0.2, -0.15) is 17.9 Å². The van der Waals surface area contributed by atoms with Gasteiger partial charge in [-0.15, -0.1) is 11.3 Å². The Balaban J connectivity index is 1.60. The molecule has 1 atom stereocenters. The Bertz CT molecular complexity index is 1310. The van der Waals surface area contributed by atoms with Crippen LogP contribution in [0.4, 0.5) is 13.2 Å². The number of nitrogens with one attached hydrogen (secondary N) is 2. The Kier molecular flexibility index (Phi) is 7.31. The zero-order valence-corrected chi connectivity index (χ0v) is 20.1. The number of thiophene rings is 1. The molecule has 0 bridgehead atoms. The van der Waals surface area contributed by atoms with E-state index in [0.717, 1.165) is 20.9 Å². The molecule has 0 unspecified atom stereocenters. The van der Waals surface area contributed by atoms with Crippen LogP contribution in [0.15, 0.2) is 35.1 Å². The average molecular weight is 528 g/mol. The molecule has 2 N–H and O–H groups in total. The highest BCUT2D eigenvalue weighted by atomic mass is 35.5. The number of aromatic nitrogens is 4. The maximum absolute atomic E-state index is 13.2. The topological polar surface area (TPSA) is 102 Å². The van der Waals surface area contributed by atoms with Crippen molar-refractivity contribution >= 4 is 40.1 Å². The number of nitrogens with zero attached hydrogens (tertiary/aromatic N) is 3. The third kappa shape index (κ3) is 5.76. The van der Waals surface area contributed by atoms with E-state index in [2.05, 4.69) is 20.8 Å². The molecule has 0 radical (unpaired) electrons. The molecule has 3 aromatic rings. The number of aromatic amines is 1. The van der Waals surface area contributed by atoms with E-state index in [9.17, 15) is 22.8 Å². The van der Waals surface area contributed by atoms with E-state index in [4.69, 9.17) is 16.3 Å². The summed E-state index contributed by atoms with van der Waals surface area (Å²) in [5.74, 6) is -0.179. The molecule has 8 nitrogen and oxygen atoms in total. The summed E-state index contributed by atoms with van der Waals surface area (Å²) >= 11 is 7.99. The summed E-state index contributed by atoms with van der Waals surface area (Å²) < 4.78 is 43.3. The Labute approximate surface area is 206 Å². The maximum atomic E-state index is 13.2. The summed E-state index contributed by atoms with van der Waals surface area (Å²) in [5, 5.41) is 12.6. The van der Waals surface area contributed by atoms with Crippen molar-refractivity contribution < 1.29 is 22.7 Å². The number of ether oxygens (including phenoxy) is 1. The quantitative estimate of drug-likeness (QED) is 0.417. The first-order chi connectivity index (χ1) is 16.7. The first kappa shape index (κ1) is 25.0. The monoisotopic (exact) mass is 527 g/mol. The summed E-state index contributed by atoms with van der Waals surface area (Å²) in [6, 6.07) is 8.14. The first-order valence-electron chi connectivity index (χ1n) is 10.8. The van der Waals surface area contributed by atoms with Crippen LogP contribution in [0.3, 0.4) is 0 Å². The summed E-state index contributed by atoms with van der Waals surface area (Å²) in [6.45, 7) is 1.92. The van der Waals surface area contributed by atoms with Crippen LogP contribution in [-0.4, -0.2) is 38.9 Å². The minimum absolute atomic E-state index is 0.0882. The van der Waals surface area contributed by atoms with Gasteiger partial charge in [-0.1, -0.05) is 24.6 Å². The molecule has 1 aromatic carbocycles. The third-order valence-corrected chi connectivity index (χ3v) is 7.04. The van der Waals surface area contributed by atoms with Crippen molar-refractivity contribution in [3.63, 3.8) is 0 Å². The Morgan fingerprint density at radius 1 is 1.26 bits per heavy atom. The second-order valence-electron chi connectivity index (χ2n) is 7.85. The lowest BCUT2D eigenvalue weighted by Crippen LogP contribution is -2.38. The van der Waals surface area contributed by atoms with E-state index in [0.29, 0.717) is 28.3 Å². The minimum Gasteiger partial charge on any atom is -0.494 e. The number of carbonyl (C=O) groups is 1. The largest absolute Gasteiger partial charge is 0.494 e. The standard InChI is InChI=1S/C22H21ClF3N5O3S/c1-2-13-5-7-18(35-13)15-11-17(27-20(32)19(15)31-21(33)28-29-30-31)14-6-4-12(10-16(14)23)34-9-3-8-22(24,25)26/h4-7,10,17H,2-3,8-9,11H2,1H3,(H,27,32)(H,28,30,33)/t17-/m0/s1. The van der Waals surface area contributed by atoms with Crippen molar-refractivity contribution in [2.24, 2.45) is 0 Å². The van der Waals surface area contributed by atoms with Crippen molar-refractivity contribution in [1.29, 1.82) is 0 Å². The number of H-pyrrole nitrogens is 1. The summed E-state index contributed by atoms with van der Waals surface area (Å²) in [4.78, 5) is 27.3. The van der Waals surface area contributed by atoms with Gasteiger partial charge in [0.15, 0.2) is 0 Å². The third-order valence-electron chi connectivity index (χ3n) is 5.43. The van der Waals surface area contributed by atoms with Gasteiger partial charge in [0.1, 0.15) is 11.4 Å². The number of carbonyl (C=O) groups excluding carboxylic acids is 1. The SMILES string of the molecule is CCc1ccc(C2=C(n3nn[nH]c3=O)C(=O)N[C@H](c3ccc(OCCCC(F)(F)F)cc3Cl)C2)s1. The van der Waals surface area contributed by atoms with Crippen LogP contribution in [0, 0.1) is 0 Å². The molecule has 13 heteroatoms. The fourth-order valence-electron chi connectivity index (χ4n) is 3.76. The van der Waals surface area contributed by atoms with Crippen LogP contribution in [0.25, 0.3) is 11.3 Å². The molecule has 0 saturated heterocycles. The molecule has 0 saturated carbocycles. The number of hydrogen-bond acceptors (Lipinski definition) is 6.